The number of hydrogen-bond donors (Lipinski definition) is 0. The van der Waals surface area contributed by atoms with E-state index < -0.39 is 17.9 Å². The first-order chi connectivity index (χ1) is 17.9. The van der Waals surface area contributed by atoms with Crippen LogP contribution in [0.2, 0.25) is 0 Å². The van der Waals surface area contributed by atoms with Gasteiger partial charge in [0.25, 0.3) is 0 Å². The van der Waals surface area contributed by atoms with E-state index in [0.29, 0.717) is 51.0 Å². The van der Waals surface area contributed by atoms with E-state index in [0.717, 1.165) is 16.7 Å². The summed E-state index contributed by atoms with van der Waals surface area (Å²) in [5, 5.41) is 1.12. The third-order valence-corrected chi connectivity index (χ3v) is 6.13. The van der Waals surface area contributed by atoms with Crippen molar-refractivity contribution in [2.75, 3.05) is 26.9 Å². The van der Waals surface area contributed by atoms with Gasteiger partial charge in [-0.15, -0.1) is 0 Å². The van der Waals surface area contributed by atoms with Crippen LogP contribution in [0.3, 0.4) is 0 Å². The van der Waals surface area contributed by atoms with Gasteiger partial charge in [0.05, 0.1) is 17.8 Å². The van der Waals surface area contributed by atoms with Gasteiger partial charge < -0.3 is 23.7 Å². The molecule has 0 aliphatic carbocycles. The first-order valence-corrected chi connectivity index (χ1v) is 11.7. The summed E-state index contributed by atoms with van der Waals surface area (Å²) in [4.78, 5) is 37.5. The number of ether oxygens (including phenoxy) is 5. The van der Waals surface area contributed by atoms with Crippen molar-refractivity contribution in [2.24, 2.45) is 0 Å². The number of esters is 3. The van der Waals surface area contributed by atoms with E-state index in [9.17, 15) is 14.4 Å². The van der Waals surface area contributed by atoms with Gasteiger partial charge in [0, 0.05) is 17.5 Å². The molecule has 3 aromatic carbocycles. The molecule has 188 valence electrons. The maximum absolute atomic E-state index is 12.9. The van der Waals surface area contributed by atoms with Crippen LogP contribution in [0.5, 0.6) is 17.2 Å². The molecule has 37 heavy (non-hydrogen) atoms. The van der Waals surface area contributed by atoms with Crippen LogP contribution in [-0.2, 0) is 23.9 Å². The molecule has 0 saturated heterocycles. The molecule has 3 aromatic rings. The SMILES string of the molecule is COCCOC(=O)COc1c(C)cc(C2=c3cc4c(cc3OC2=O)=C(c2ccccc2)C(=O)O4)cc1C. The highest BCUT2D eigenvalue weighted by Gasteiger charge is 2.30. The van der Waals surface area contributed by atoms with Crippen molar-refractivity contribution in [1.29, 1.82) is 0 Å². The van der Waals surface area contributed by atoms with E-state index in [1.54, 1.807) is 24.3 Å². The Kier molecular flexibility index (Phi) is 6.50. The lowest BCUT2D eigenvalue weighted by molar-refractivity contribution is -0.147. The van der Waals surface area contributed by atoms with Gasteiger partial charge >= 0.3 is 17.9 Å². The standard InChI is InChI=1S/C29H24O8/c1-16-11-19(12-17(2)27(16)35-15-24(30)34-10-9-33-3)26-21-14-22-20(13-23(21)37-29(26)32)25(28(31)36-22)18-7-5-4-6-8-18/h4-8,11-14H,9-10,15H2,1-3H3. The third kappa shape index (κ3) is 4.59. The molecule has 0 bridgehead atoms. The molecule has 0 aromatic heterocycles. The zero-order chi connectivity index (χ0) is 26.1. The lowest BCUT2D eigenvalue weighted by Gasteiger charge is -2.14. The average molecular weight is 501 g/mol. The van der Waals surface area contributed by atoms with Crippen LogP contribution < -0.4 is 24.6 Å². The molecule has 5 rings (SSSR count). The Morgan fingerprint density at radius 2 is 1.35 bits per heavy atom. The predicted molar refractivity (Wildman–Crippen MR) is 133 cm³/mol. The van der Waals surface area contributed by atoms with Crippen molar-refractivity contribution < 1.29 is 38.1 Å². The predicted octanol–water partition coefficient (Wildman–Crippen LogP) is 2.11. The van der Waals surface area contributed by atoms with Crippen LogP contribution in [0.1, 0.15) is 22.3 Å². The number of methoxy groups -OCH3 is 1. The van der Waals surface area contributed by atoms with Crippen molar-refractivity contribution >= 4 is 29.1 Å². The van der Waals surface area contributed by atoms with Crippen LogP contribution in [-0.4, -0.2) is 44.8 Å². The first kappa shape index (κ1) is 24.3. The molecule has 2 aliphatic heterocycles. The maximum Gasteiger partial charge on any atom is 0.344 e. The lowest BCUT2D eigenvalue weighted by atomic mass is 9.98. The van der Waals surface area contributed by atoms with Crippen LogP contribution >= 0.6 is 0 Å². The van der Waals surface area contributed by atoms with Gasteiger partial charge in [-0.05, 0) is 60.4 Å². The number of rotatable bonds is 8. The largest absolute Gasteiger partial charge is 0.481 e. The molecule has 0 saturated carbocycles. The summed E-state index contributed by atoms with van der Waals surface area (Å²) < 4.78 is 26.7. The second-order valence-corrected chi connectivity index (χ2v) is 8.68. The van der Waals surface area contributed by atoms with Gasteiger partial charge in [0.2, 0.25) is 0 Å². The van der Waals surface area contributed by atoms with E-state index >= 15 is 0 Å². The summed E-state index contributed by atoms with van der Waals surface area (Å²) in [6.45, 7) is 3.87. The third-order valence-electron chi connectivity index (χ3n) is 6.13. The zero-order valence-electron chi connectivity index (χ0n) is 20.6. The summed E-state index contributed by atoms with van der Waals surface area (Å²) in [5.41, 5.74) is 3.62. The fourth-order valence-electron chi connectivity index (χ4n) is 4.53. The normalized spacial score (nSPS) is 13.7. The molecule has 8 heteroatoms. The number of aryl methyl sites for hydroxylation is 2. The summed E-state index contributed by atoms with van der Waals surface area (Å²) in [5.74, 6) is -0.187. The number of carbonyl (C=O) groups is 3. The second kappa shape index (κ2) is 9.91. The first-order valence-electron chi connectivity index (χ1n) is 11.7. The van der Waals surface area contributed by atoms with Gasteiger partial charge in [-0.1, -0.05) is 30.3 Å². The van der Waals surface area contributed by atoms with E-state index in [2.05, 4.69) is 0 Å². The fourth-order valence-corrected chi connectivity index (χ4v) is 4.53. The number of carbonyl (C=O) groups excluding carboxylic acids is 3. The van der Waals surface area contributed by atoms with Crippen molar-refractivity contribution in [1.82, 2.24) is 0 Å². The minimum absolute atomic E-state index is 0.152. The van der Waals surface area contributed by atoms with Crippen molar-refractivity contribution in [3.05, 3.63) is 87.3 Å². The molecular formula is C29H24O8. The van der Waals surface area contributed by atoms with Gasteiger partial charge in [0.1, 0.15) is 23.9 Å². The molecule has 0 unspecified atom stereocenters. The van der Waals surface area contributed by atoms with E-state index in [1.165, 1.54) is 7.11 Å². The monoisotopic (exact) mass is 500 g/mol. The lowest BCUT2D eigenvalue weighted by Crippen LogP contribution is -2.18. The van der Waals surface area contributed by atoms with Crippen LogP contribution in [0, 0.1) is 13.8 Å². The average Bonchev–Trinajstić information content (AvgIpc) is 3.36. The Labute approximate surface area is 212 Å². The highest BCUT2D eigenvalue weighted by atomic mass is 16.6. The van der Waals surface area contributed by atoms with Crippen molar-refractivity contribution in [2.45, 2.75) is 13.8 Å². The Hall–Kier alpha value is -4.43. The summed E-state index contributed by atoms with van der Waals surface area (Å²) in [7, 11) is 1.52. The van der Waals surface area contributed by atoms with Crippen molar-refractivity contribution in [3.8, 4) is 17.2 Å². The number of benzene rings is 3. The molecule has 8 nitrogen and oxygen atoms in total. The number of hydrogen-bond acceptors (Lipinski definition) is 8. The smallest absolute Gasteiger partial charge is 0.344 e. The highest BCUT2D eigenvalue weighted by Crippen LogP contribution is 2.31. The molecule has 0 spiro atoms. The number of fused-ring (bicyclic) bond motifs is 2. The van der Waals surface area contributed by atoms with Gasteiger partial charge in [-0.3, -0.25) is 0 Å². The summed E-state index contributed by atoms with van der Waals surface area (Å²) in [6.07, 6.45) is 0. The minimum atomic E-state index is -0.502. The van der Waals surface area contributed by atoms with E-state index in [4.69, 9.17) is 23.7 Å². The van der Waals surface area contributed by atoms with Crippen LogP contribution in [0.4, 0.5) is 0 Å². The Morgan fingerprint density at radius 1 is 0.784 bits per heavy atom. The van der Waals surface area contributed by atoms with E-state index in [-0.39, 0.29) is 13.2 Å². The molecule has 2 heterocycles. The quantitative estimate of drug-likeness (QED) is 0.264. The zero-order valence-corrected chi connectivity index (χ0v) is 20.6. The fraction of sp³-hybridized carbons (Fsp3) is 0.207. The van der Waals surface area contributed by atoms with Gasteiger partial charge in [0.15, 0.2) is 6.61 Å². The highest BCUT2D eigenvalue weighted by molar-refractivity contribution is 6.21. The molecule has 0 atom stereocenters. The molecular weight excluding hydrogens is 476 g/mol. The maximum atomic E-state index is 12.9. The Balaban J connectivity index is 1.51. The van der Waals surface area contributed by atoms with Gasteiger partial charge in [-0.25, -0.2) is 14.4 Å². The topological polar surface area (TPSA) is 97.4 Å². The summed E-state index contributed by atoms with van der Waals surface area (Å²) in [6, 6.07) is 16.2. The molecule has 0 radical (unpaired) electrons. The minimum Gasteiger partial charge on any atom is -0.481 e. The van der Waals surface area contributed by atoms with Crippen LogP contribution in [0.15, 0.2) is 54.6 Å². The molecule has 0 amide bonds. The Morgan fingerprint density at radius 3 is 1.92 bits per heavy atom. The molecule has 2 aliphatic rings. The summed E-state index contributed by atoms with van der Waals surface area (Å²) >= 11 is 0. The molecule has 0 N–H and O–H groups in total. The molecule has 0 fully saturated rings. The second-order valence-electron chi connectivity index (χ2n) is 8.68. The Bertz CT molecular complexity index is 1530. The van der Waals surface area contributed by atoms with Gasteiger partial charge in [-0.2, -0.15) is 0 Å². The van der Waals surface area contributed by atoms with Crippen LogP contribution in [0.25, 0.3) is 11.1 Å². The van der Waals surface area contributed by atoms with Crippen molar-refractivity contribution in [3.63, 3.8) is 0 Å². The van der Waals surface area contributed by atoms with E-state index in [1.807, 2.05) is 44.2 Å².